The van der Waals surface area contributed by atoms with Crippen LogP contribution in [0.15, 0.2) is 10.9 Å². The first kappa shape index (κ1) is 12.1. The molecule has 0 spiro atoms. The average molecular weight is 233 g/mol. The summed E-state index contributed by atoms with van der Waals surface area (Å²) in [4.78, 5) is 23.3. The Morgan fingerprint density at radius 2 is 1.88 bits per heavy atom. The van der Waals surface area contributed by atoms with Gasteiger partial charge in [-0.05, 0) is 38.3 Å². The van der Waals surface area contributed by atoms with Crippen LogP contribution >= 0.6 is 0 Å². The minimum atomic E-state index is -0.107. The quantitative estimate of drug-likeness (QED) is 0.737. The Labute approximate surface area is 101 Å². The van der Waals surface area contributed by atoms with Crippen molar-refractivity contribution in [3.63, 3.8) is 0 Å². The van der Waals surface area contributed by atoms with Crippen LogP contribution in [0.5, 0.6) is 0 Å². The van der Waals surface area contributed by atoms with Gasteiger partial charge >= 0.3 is 0 Å². The van der Waals surface area contributed by atoms with Crippen LogP contribution in [-0.4, -0.2) is 10.9 Å². The monoisotopic (exact) mass is 233 g/mol. The number of pyridine rings is 1. The van der Waals surface area contributed by atoms with Crippen LogP contribution in [0.25, 0.3) is 0 Å². The first-order valence-electron chi connectivity index (χ1n) is 6.33. The van der Waals surface area contributed by atoms with Crippen molar-refractivity contribution in [2.75, 3.05) is 0 Å². The second kappa shape index (κ2) is 4.86. The van der Waals surface area contributed by atoms with E-state index in [9.17, 15) is 9.59 Å². The van der Waals surface area contributed by atoms with E-state index < -0.39 is 0 Å². The van der Waals surface area contributed by atoms with E-state index in [1.54, 1.807) is 0 Å². The first-order valence-corrected chi connectivity index (χ1v) is 6.33. The minimum Gasteiger partial charge on any atom is -0.309 e. The van der Waals surface area contributed by atoms with E-state index in [1.165, 1.54) is 19.3 Å². The molecule has 1 fully saturated rings. The summed E-state index contributed by atoms with van der Waals surface area (Å²) in [6, 6.07) is 2.23. The summed E-state index contributed by atoms with van der Waals surface area (Å²) < 4.78 is 1.83. The van der Waals surface area contributed by atoms with Crippen LogP contribution in [0.1, 0.15) is 59.8 Å². The van der Waals surface area contributed by atoms with Crippen molar-refractivity contribution in [1.29, 1.82) is 0 Å². The van der Waals surface area contributed by atoms with Gasteiger partial charge in [0.05, 0.1) is 5.56 Å². The summed E-state index contributed by atoms with van der Waals surface area (Å²) >= 11 is 0. The number of rotatable bonds is 2. The second-order valence-corrected chi connectivity index (χ2v) is 4.97. The number of carbonyl (C=O) groups is 1. The highest BCUT2D eigenvalue weighted by Crippen LogP contribution is 2.28. The number of aryl methyl sites for hydroxylation is 2. The Morgan fingerprint density at radius 1 is 1.24 bits per heavy atom. The van der Waals surface area contributed by atoms with E-state index in [0.29, 0.717) is 11.8 Å². The van der Waals surface area contributed by atoms with Crippen LogP contribution < -0.4 is 5.56 Å². The number of aldehydes is 1. The van der Waals surface area contributed by atoms with Crippen molar-refractivity contribution >= 4 is 6.29 Å². The molecule has 1 aromatic rings. The van der Waals surface area contributed by atoms with Crippen molar-refractivity contribution in [1.82, 2.24) is 4.57 Å². The highest BCUT2D eigenvalue weighted by Gasteiger charge is 2.19. The molecule has 17 heavy (non-hydrogen) atoms. The van der Waals surface area contributed by atoms with E-state index in [-0.39, 0.29) is 11.6 Å². The molecule has 1 aliphatic rings. The van der Waals surface area contributed by atoms with Crippen LogP contribution in [-0.2, 0) is 0 Å². The Balaban J connectivity index is 2.52. The number of nitrogens with zero attached hydrogens (tertiary/aromatic N) is 1. The summed E-state index contributed by atoms with van der Waals surface area (Å²) in [6.45, 7) is 3.78. The van der Waals surface area contributed by atoms with Gasteiger partial charge in [0.25, 0.3) is 5.56 Å². The molecule has 1 aliphatic carbocycles. The molecule has 0 amide bonds. The van der Waals surface area contributed by atoms with Gasteiger partial charge in [0.2, 0.25) is 0 Å². The molecule has 0 aliphatic heterocycles. The van der Waals surface area contributed by atoms with Crippen LogP contribution in [0.3, 0.4) is 0 Å². The normalized spacial score (nSPS) is 17.1. The van der Waals surface area contributed by atoms with E-state index in [2.05, 4.69) is 0 Å². The molecule has 0 atom stereocenters. The van der Waals surface area contributed by atoms with Gasteiger partial charge in [-0.2, -0.15) is 0 Å². The fraction of sp³-hybridized carbons (Fsp3) is 0.571. The van der Waals surface area contributed by atoms with Crippen LogP contribution in [0, 0.1) is 13.8 Å². The molecule has 3 nitrogen and oxygen atoms in total. The van der Waals surface area contributed by atoms with Crippen molar-refractivity contribution in [3.8, 4) is 0 Å². The molecule has 0 aromatic carbocycles. The number of hydrogen-bond acceptors (Lipinski definition) is 2. The van der Waals surface area contributed by atoms with Gasteiger partial charge in [-0.3, -0.25) is 9.59 Å². The third-order valence-corrected chi connectivity index (χ3v) is 3.74. The Bertz CT molecular complexity index is 482. The highest BCUT2D eigenvalue weighted by atomic mass is 16.1. The lowest BCUT2D eigenvalue weighted by atomic mass is 9.94. The number of hydrogen-bond donors (Lipinski definition) is 0. The third-order valence-electron chi connectivity index (χ3n) is 3.74. The topological polar surface area (TPSA) is 39.1 Å². The molecule has 3 heteroatoms. The summed E-state index contributed by atoms with van der Waals surface area (Å²) in [7, 11) is 0. The van der Waals surface area contributed by atoms with E-state index in [1.807, 2.05) is 24.5 Å². The van der Waals surface area contributed by atoms with Crippen LogP contribution in [0.2, 0.25) is 0 Å². The Kier molecular flexibility index (Phi) is 3.46. The van der Waals surface area contributed by atoms with Gasteiger partial charge in [0.1, 0.15) is 0 Å². The molecular formula is C14H19NO2. The van der Waals surface area contributed by atoms with Crippen molar-refractivity contribution in [2.24, 2.45) is 0 Å². The van der Waals surface area contributed by atoms with Crippen LogP contribution in [0.4, 0.5) is 0 Å². The third kappa shape index (κ3) is 2.19. The molecule has 0 unspecified atom stereocenters. The predicted molar refractivity (Wildman–Crippen MR) is 67.7 cm³/mol. The maximum Gasteiger partial charge on any atom is 0.261 e. The molecular weight excluding hydrogens is 214 g/mol. The van der Waals surface area contributed by atoms with Crippen molar-refractivity contribution < 1.29 is 4.79 Å². The molecule has 1 saturated carbocycles. The lowest BCUT2D eigenvalue weighted by Gasteiger charge is -2.26. The molecule has 92 valence electrons. The molecule has 0 N–H and O–H groups in total. The van der Waals surface area contributed by atoms with Gasteiger partial charge in [-0.1, -0.05) is 19.3 Å². The van der Waals surface area contributed by atoms with E-state index in [4.69, 9.17) is 0 Å². The summed E-state index contributed by atoms with van der Waals surface area (Å²) in [5.41, 5.74) is 1.98. The zero-order valence-electron chi connectivity index (χ0n) is 10.5. The summed E-state index contributed by atoms with van der Waals surface area (Å²) in [5, 5.41) is 0. The lowest BCUT2D eigenvalue weighted by Crippen LogP contribution is -2.31. The van der Waals surface area contributed by atoms with E-state index >= 15 is 0 Å². The molecule has 0 bridgehead atoms. The van der Waals surface area contributed by atoms with Crippen molar-refractivity contribution in [3.05, 3.63) is 33.2 Å². The van der Waals surface area contributed by atoms with Gasteiger partial charge < -0.3 is 4.57 Å². The van der Waals surface area contributed by atoms with Gasteiger partial charge in [0.15, 0.2) is 6.29 Å². The fourth-order valence-corrected chi connectivity index (χ4v) is 2.86. The Morgan fingerprint density at radius 3 is 2.47 bits per heavy atom. The molecule has 1 heterocycles. The summed E-state index contributed by atoms with van der Waals surface area (Å²) in [5.74, 6) is 0. The molecule has 1 aromatic heterocycles. The largest absolute Gasteiger partial charge is 0.309 e. The SMILES string of the molecule is Cc1cc(C)n(C2CCCCC2)c(=O)c1C=O. The molecule has 0 saturated heterocycles. The smallest absolute Gasteiger partial charge is 0.261 e. The standard InChI is InChI=1S/C14H19NO2/c1-10-8-11(2)15(14(17)13(10)9-16)12-6-4-3-5-7-12/h8-9,12H,3-7H2,1-2H3. The fourth-order valence-electron chi connectivity index (χ4n) is 2.86. The molecule has 0 radical (unpaired) electrons. The number of aromatic nitrogens is 1. The second-order valence-electron chi connectivity index (χ2n) is 4.97. The number of carbonyl (C=O) groups excluding carboxylic acids is 1. The Hall–Kier alpha value is -1.38. The maximum absolute atomic E-state index is 12.3. The predicted octanol–water partition coefficient (Wildman–Crippen LogP) is 2.78. The van der Waals surface area contributed by atoms with Crippen molar-refractivity contribution in [2.45, 2.75) is 52.0 Å². The first-order chi connectivity index (χ1) is 8.15. The average Bonchev–Trinajstić information content (AvgIpc) is 2.30. The zero-order valence-corrected chi connectivity index (χ0v) is 10.5. The van der Waals surface area contributed by atoms with E-state index in [0.717, 1.165) is 24.1 Å². The lowest BCUT2D eigenvalue weighted by molar-refractivity contribution is 0.112. The highest BCUT2D eigenvalue weighted by molar-refractivity contribution is 5.76. The zero-order chi connectivity index (χ0) is 12.4. The van der Waals surface area contributed by atoms with Gasteiger partial charge in [0, 0.05) is 11.7 Å². The summed E-state index contributed by atoms with van der Waals surface area (Å²) in [6.07, 6.45) is 6.43. The maximum atomic E-state index is 12.3. The van der Waals surface area contributed by atoms with Gasteiger partial charge in [-0.15, -0.1) is 0 Å². The molecule has 2 rings (SSSR count). The van der Waals surface area contributed by atoms with Gasteiger partial charge in [-0.25, -0.2) is 0 Å². The minimum absolute atomic E-state index is 0.107.